The highest BCUT2D eigenvalue weighted by molar-refractivity contribution is 7.99. The Bertz CT molecular complexity index is 1060. The molecule has 2 amide bonds. The molecule has 158 valence electrons. The number of urea groups is 1. The molecule has 0 aliphatic carbocycles. The Balaban J connectivity index is 1.47. The first-order chi connectivity index (χ1) is 15.1. The second kappa shape index (κ2) is 10.2. The van der Waals surface area contributed by atoms with Crippen molar-refractivity contribution in [3.63, 3.8) is 0 Å². The van der Waals surface area contributed by atoms with Crippen molar-refractivity contribution in [1.82, 2.24) is 5.01 Å². The maximum Gasteiger partial charge on any atom is 0.342 e. The zero-order valence-electron chi connectivity index (χ0n) is 16.7. The number of thioether (sulfide) groups is 1. The van der Waals surface area contributed by atoms with E-state index in [0.29, 0.717) is 22.3 Å². The Morgan fingerprint density at radius 3 is 2.29 bits per heavy atom. The van der Waals surface area contributed by atoms with Crippen molar-refractivity contribution >= 4 is 52.4 Å². The molecule has 1 atom stereocenters. The van der Waals surface area contributed by atoms with Crippen molar-refractivity contribution in [1.29, 1.82) is 0 Å². The van der Waals surface area contributed by atoms with Gasteiger partial charge in [-0.15, -0.1) is 11.8 Å². The van der Waals surface area contributed by atoms with Gasteiger partial charge in [0.05, 0.1) is 12.3 Å². The predicted molar refractivity (Wildman–Crippen MR) is 130 cm³/mol. The van der Waals surface area contributed by atoms with Gasteiger partial charge < -0.3 is 5.32 Å². The van der Waals surface area contributed by atoms with Gasteiger partial charge in [0.25, 0.3) is 0 Å². The maximum atomic E-state index is 12.8. The highest BCUT2D eigenvalue weighted by Gasteiger charge is 2.31. The fourth-order valence-electron chi connectivity index (χ4n) is 3.38. The summed E-state index contributed by atoms with van der Waals surface area (Å²) in [5.74, 6) is 1.09. The quantitative estimate of drug-likeness (QED) is 0.393. The first-order valence-electron chi connectivity index (χ1n) is 9.95. The molecule has 0 spiro atoms. The minimum Gasteiger partial charge on any atom is -0.306 e. The molecule has 0 radical (unpaired) electrons. The predicted octanol–water partition coefficient (Wildman–Crippen LogP) is 7.04. The van der Waals surface area contributed by atoms with Crippen LogP contribution in [-0.4, -0.2) is 29.0 Å². The third-order valence-electron chi connectivity index (χ3n) is 4.96. The Morgan fingerprint density at radius 2 is 1.61 bits per heavy atom. The zero-order chi connectivity index (χ0) is 21.6. The van der Waals surface area contributed by atoms with Gasteiger partial charge in [-0.05, 0) is 66.3 Å². The molecule has 0 aromatic heterocycles. The fraction of sp³-hybridized carbons (Fsp3) is 0.167. The molecule has 4 rings (SSSR count). The molecule has 1 aliphatic heterocycles. The van der Waals surface area contributed by atoms with E-state index in [2.05, 4.69) is 22.6 Å². The number of rotatable bonds is 6. The molecule has 4 nitrogen and oxygen atoms in total. The molecule has 31 heavy (non-hydrogen) atoms. The standard InChI is InChI=1S/C24H21Cl2N3OS/c25-19-8-6-17(7-9-19)23-18(14-15-31-22-4-2-1-3-5-22)16-29(28-23)24(30)27-21-12-10-20(26)11-13-21/h1-13,18H,14-16H2,(H,27,30). The molecule has 3 aromatic rings. The molecular weight excluding hydrogens is 449 g/mol. The van der Waals surface area contributed by atoms with Crippen LogP contribution in [0.25, 0.3) is 0 Å². The normalized spacial score (nSPS) is 15.6. The SMILES string of the molecule is O=C(Nc1ccc(Cl)cc1)N1CC(CCSc2ccccc2)C(c2ccc(Cl)cc2)=N1. The van der Waals surface area contributed by atoms with Gasteiger partial charge >= 0.3 is 6.03 Å². The largest absolute Gasteiger partial charge is 0.342 e. The van der Waals surface area contributed by atoms with Crippen LogP contribution in [0.2, 0.25) is 10.0 Å². The van der Waals surface area contributed by atoms with Crippen LogP contribution in [0.3, 0.4) is 0 Å². The fourth-order valence-corrected chi connectivity index (χ4v) is 4.61. The summed E-state index contributed by atoms with van der Waals surface area (Å²) in [6, 6.07) is 24.7. The lowest BCUT2D eigenvalue weighted by molar-refractivity contribution is 0.215. The summed E-state index contributed by atoms with van der Waals surface area (Å²) in [4.78, 5) is 14.1. The summed E-state index contributed by atoms with van der Waals surface area (Å²) < 4.78 is 0. The second-order valence-corrected chi connectivity index (χ2v) is 9.20. The molecule has 0 bridgehead atoms. The van der Waals surface area contributed by atoms with E-state index in [1.54, 1.807) is 24.3 Å². The summed E-state index contributed by atoms with van der Waals surface area (Å²) >= 11 is 13.8. The topological polar surface area (TPSA) is 44.7 Å². The van der Waals surface area contributed by atoms with Crippen LogP contribution in [-0.2, 0) is 0 Å². The van der Waals surface area contributed by atoms with E-state index in [-0.39, 0.29) is 11.9 Å². The second-order valence-electron chi connectivity index (χ2n) is 7.16. The Hall–Kier alpha value is -2.47. The molecule has 0 fully saturated rings. The molecule has 1 unspecified atom stereocenters. The molecule has 7 heteroatoms. The average molecular weight is 470 g/mol. The van der Waals surface area contributed by atoms with Gasteiger partial charge in [0.2, 0.25) is 0 Å². The van der Waals surface area contributed by atoms with Gasteiger partial charge in [-0.1, -0.05) is 53.5 Å². The number of halogens is 2. The van der Waals surface area contributed by atoms with E-state index in [1.165, 1.54) is 9.90 Å². The number of carbonyl (C=O) groups excluding carboxylic acids is 1. The Labute approximate surface area is 196 Å². The number of hydrogen-bond donors (Lipinski definition) is 1. The number of nitrogens with zero attached hydrogens (tertiary/aromatic N) is 2. The molecular formula is C24H21Cl2N3OS. The molecule has 1 aliphatic rings. The third kappa shape index (κ3) is 5.82. The van der Waals surface area contributed by atoms with Gasteiger partial charge in [0.1, 0.15) is 0 Å². The molecule has 0 saturated heterocycles. The highest BCUT2D eigenvalue weighted by Crippen LogP contribution is 2.27. The van der Waals surface area contributed by atoms with Gasteiger partial charge in [0, 0.05) is 26.5 Å². The van der Waals surface area contributed by atoms with Gasteiger partial charge in [-0.25, -0.2) is 9.80 Å². The van der Waals surface area contributed by atoms with E-state index in [1.807, 2.05) is 54.2 Å². The van der Waals surface area contributed by atoms with E-state index >= 15 is 0 Å². The van der Waals surface area contributed by atoms with E-state index in [9.17, 15) is 4.79 Å². The minimum absolute atomic E-state index is 0.147. The lowest BCUT2D eigenvalue weighted by Gasteiger charge is -2.15. The van der Waals surface area contributed by atoms with Crippen LogP contribution in [0.15, 0.2) is 88.9 Å². The van der Waals surface area contributed by atoms with Crippen LogP contribution in [0, 0.1) is 5.92 Å². The minimum atomic E-state index is -0.257. The van der Waals surface area contributed by atoms with Gasteiger partial charge in [-0.2, -0.15) is 5.10 Å². The summed E-state index contributed by atoms with van der Waals surface area (Å²) in [5, 5.41) is 10.4. The lowest BCUT2D eigenvalue weighted by atomic mass is 9.95. The number of hydrogen-bond acceptors (Lipinski definition) is 3. The van der Waals surface area contributed by atoms with Crippen LogP contribution in [0.4, 0.5) is 10.5 Å². The van der Waals surface area contributed by atoms with Crippen molar-refractivity contribution in [2.75, 3.05) is 17.6 Å². The number of nitrogens with one attached hydrogen (secondary N) is 1. The summed E-state index contributed by atoms with van der Waals surface area (Å²) in [6.45, 7) is 0.534. The highest BCUT2D eigenvalue weighted by atomic mass is 35.5. The van der Waals surface area contributed by atoms with E-state index < -0.39 is 0 Å². The number of benzene rings is 3. The average Bonchev–Trinajstić information content (AvgIpc) is 3.21. The molecule has 3 aromatic carbocycles. The van der Waals surface area contributed by atoms with Gasteiger partial charge in [-0.3, -0.25) is 0 Å². The zero-order valence-corrected chi connectivity index (χ0v) is 19.0. The number of anilines is 1. The van der Waals surface area contributed by atoms with Crippen LogP contribution in [0.5, 0.6) is 0 Å². The number of hydrazone groups is 1. The smallest absolute Gasteiger partial charge is 0.306 e. The number of carbonyl (C=O) groups is 1. The lowest BCUT2D eigenvalue weighted by Crippen LogP contribution is -2.30. The number of amides is 2. The first kappa shape index (κ1) is 21.8. The Kier molecular flexibility index (Phi) is 7.17. The Morgan fingerprint density at radius 1 is 0.968 bits per heavy atom. The molecule has 1 N–H and O–H groups in total. The summed E-state index contributed by atoms with van der Waals surface area (Å²) in [5.41, 5.74) is 2.58. The maximum absolute atomic E-state index is 12.8. The van der Waals surface area contributed by atoms with E-state index in [4.69, 9.17) is 23.2 Å². The van der Waals surface area contributed by atoms with Crippen molar-refractivity contribution in [2.45, 2.75) is 11.3 Å². The monoisotopic (exact) mass is 469 g/mol. The van der Waals surface area contributed by atoms with Crippen molar-refractivity contribution in [2.24, 2.45) is 11.0 Å². The van der Waals surface area contributed by atoms with Crippen molar-refractivity contribution in [3.05, 3.63) is 94.5 Å². The van der Waals surface area contributed by atoms with Crippen molar-refractivity contribution in [3.8, 4) is 0 Å². The molecule has 0 saturated carbocycles. The summed E-state index contributed by atoms with van der Waals surface area (Å²) in [7, 11) is 0. The summed E-state index contributed by atoms with van der Waals surface area (Å²) in [6.07, 6.45) is 0.908. The molecule has 1 heterocycles. The van der Waals surface area contributed by atoms with Crippen LogP contribution in [0.1, 0.15) is 12.0 Å². The van der Waals surface area contributed by atoms with Crippen molar-refractivity contribution < 1.29 is 4.79 Å². The van der Waals surface area contributed by atoms with E-state index in [0.717, 1.165) is 23.4 Å². The van der Waals surface area contributed by atoms with Crippen LogP contribution < -0.4 is 5.32 Å². The van der Waals surface area contributed by atoms with Crippen LogP contribution >= 0.6 is 35.0 Å². The first-order valence-corrected chi connectivity index (χ1v) is 11.7. The van der Waals surface area contributed by atoms with Gasteiger partial charge in [0.15, 0.2) is 0 Å². The third-order valence-corrected chi connectivity index (χ3v) is 6.51.